The van der Waals surface area contributed by atoms with E-state index in [9.17, 15) is 4.21 Å². The lowest BCUT2D eigenvalue weighted by Gasteiger charge is -2.36. The molecule has 0 spiro atoms. The van der Waals surface area contributed by atoms with E-state index in [0.717, 1.165) is 24.5 Å². The van der Waals surface area contributed by atoms with Crippen molar-refractivity contribution in [2.75, 3.05) is 18.1 Å². The highest BCUT2D eigenvalue weighted by Crippen LogP contribution is 2.32. The first kappa shape index (κ1) is 9.78. The number of ether oxygens (including phenoxy) is 1. The second-order valence-electron chi connectivity index (χ2n) is 3.63. The summed E-state index contributed by atoms with van der Waals surface area (Å²) in [5.74, 6) is 1.71. The number of allylic oxidation sites excluding steroid dienone is 1. The molecular weight excluding hydrogens is 172 g/mol. The van der Waals surface area contributed by atoms with Gasteiger partial charge in [0, 0.05) is 22.3 Å². The van der Waals surface area contributed by atoms with Crippen LogP contribution in [0.4, 0.5) is 0 Å². The fourth-order valence-corrected chi connectivity index (χ4v) is 3.11. The molecule has 0 atom stereocenters. The topological polar surface area (TPSA) is 26.3 Å². The largest absolute Gasteiger partial charge is 0.502 e. The van der Waals surface area contributed by atoms with E-state index < -0.39 is 10.8 Å². The molecule has 1 heterocycles. The van der Waals surface area contributed by atoms with Gasteiger partial charge in [-0.3, -0.25) is 4.21 Å². The molecule has 0 aliphatic carbocycles. The third-order valence-electron chi connectivity index (χ3n) is 2.07. The molecule has 3 heteroatoms. The molecule has 2 nitrogen and oxygen atoms in total. The van der Waals surface area contributed by atoms with Crippen LogP contribution in [0, 0.1) is 5.41 Å². The number of rotatable bonds is 4. The minimum atomic E-state index is -0.542. The zero-order chi connectivity index (χ0) is 9.03. The Kier molecular flexibility index (Phi) is 3.32. The Labute approximate surface area is 76.5 Å². The average molecular weight is 188 g/mol. The van der Waals surface area contributed by atoms with Crippen molar-refractivity contribution in [3.8, 4) is 0 Å². The van der Waals surface area contributed by atoms with E-state index in [4.69, 9.17) is 4.74 Å². The van der Waals surface area contributed by atoms with Crippen LogP contribution in [-0.4, -0.2) is 22.3 Å². The van der Waals surface area contributed by atoms with Crippen molar-refractivity contribution in [2.24, 2.45) is 5.41 Å². The minimum Gasteiger partial charge on any atom is -0.502 e. The van der Waals surface area contributed by atoms with Crippen molar-refractivity contribution in [1.82, 2.24) is 0 Å². The summed E-state index contributed by atoms with van der Waals surface area (Å²) in [5, 5.41) is 0. The second kappa shape index (κ2) is 4.08. The van der Waals surface area contributed by atoms with Gasteiger partial charge >= 0.3 is 0 Å². The fourth-order valence-electron chi connectivity index (χ4n) is 1.35. The molecule has 70 valence electrons. The van der Waals surface area contributed by atoms with Gasteiger partial charge in [0.25, 0.3) is 0 Å². The zero-order valence-electron chi connectivity index (χ0n) is 7.71. The molecule has 0 aromatic heterocycles. The van der Waals surface area contributed by atoms with Crippen LogP contribution in [0.2, 0.25) is 0 Å². The third kappa shape index (κ3) is 2.63. The first-order chi connectivity index (χ1) is 5.66. The van der Waals surface area contributed by atoms with E-state index in [2.05, 4.69) is 6.92 Å². The Morgan fingerprint density at radius 1 is 1.58 bits per heavy atom. The molecule has 0 radical (unpaired) electrons. The lowest BCUT2D eigenvalue weighted by molar-refractivity contribution is 0.194. The number of hydrogen-bond donors (Lipinski definition) is 0. The van der Waals surface area contributed by atoms with Crippen molar-refractivity contribution in [3.63, 3.8) is 0 Å². The summed E-state index contributed by atoms with van der Waals surface area (Å²) in [5.41, 5.74) is 0.284. The van der Waals surface area contributed by atoms with Crippen LogP contribution >= 0.6 is 0 Å². The summed E-state index contributed by atoms with van der Waals surface area (Å²) in [6.07, 6.45) is 4.60. The maximum absolute atomic E-state index is 10.9. The smallest absolute Gasteiger partial charge is 0.0879 e. The first-order valence-electron chi connectivity index (χ1n) is 4.24. The van der Waals surface area contributed by atoms with Crippen molar-refractivity contribution in [3.05, 3.63) is 12.3 Å². The molecule has 0 aromatic carbocycles. The summed E-state index contributed by atoms with van der Waals surface area (Å²) >= 11 is 0. The van der Waals surface area contributed by atoms with E-state index in [0.29, 0.717) is 0 Å². The van der Waals surface area contributed by atoms with E-state index in [1.165, 1.54) is 0 Å². The highest BCUT2D eigenvalue weighted by Gasteiger charge is 2.37. The van der Waals surface area contributed by atoms with Crippen LogP contribution in [0.1, 0.15) is 20.3 Å². The fraction of sp³-hybridized carbons (Fsp3) is 0.778. The molecule has 1 aliphatic heterocycles. The standard InChI is InChI=1S/C9H16O2S/c1-3-5-11-6-4-9(2)7-12(10)8-9/h3,5H,4,6-8H2,1-2H3/b5-3+. The molecular formula is C9H16O2S. The Morgan fingerprint density at radius 2 is 2.25 bits per heavy atom. The van der Waals surface area contributed by atoms with Crippen molar-refractivity contribution < 1.29 is 8.95 Å². The van der Waals surface area contributed by atoms with Crippen molar-refractivity contribution in [2.45, 2.75) is 20.3 Å². The molecule has 1 saturated heterocycles. The summed E-state index contributed by atoms with van der Waals surface area (Å²) < 4.78 is 16.1. The van der Waals surface area contributed by atoms with Gasteiger partial charge in [-0.2, -0.15) is 0 Å². The van der Waals surface area contributed by atoms with Gasteiger partial charge in [-0.15, -0.1) is 0 Å². The molecule has 0 unspecified atom stereocenters. The SMILES string of the molecule is C/C=C/OCCC1(C)CS(=O)C1. The highest BCUT2D eigenvalue weighted by atomic mass is 32.2. The summed E-state index contributed by atoms with van der Waals surface area (Å²) in [6, 6.07) is 0. The van der Waals surface area contributed by atoms with Gasteiger partial charge in [-0.05, 0) is 18.8 Å². The maximum atomic E-state index is 10.9. The van der Waals surface area contributed by atoms with E-state index in [-0.39, 0.29) is 5.41 Å². The monoisotopic (exact) mass is 188 g/mol. The van der Waals surface area contributed by atoms with E-state index in [1.54, 1.807) is 6.26 Å². The van der Waals surface area contributed by atoms with E-state index >= 15 is 0 Å². The molecule has 0 aromatic rings. The van der Waals surface area contributed by atoms with E-state index in [1.807, 2.05) is 13.0 Å². The Morgan fingerprint density at radius 3 is 2.75 bits per heavy atom. The van der Waals surface area contributed by atoms with Crippen molar-refractivity contribution >= 4 is 10.8 Å². The van der Waals surface area contributed by atoms with Gasteiger partial charge < -0.3 is 4.74 Å². The third-order valence-corrected chi connectivity index (χ3v) is 4.11. The second-order valence-corrected chi connectivity index (χ2v) is 5.09. The predicted molar refractivity (Wildman–Crippen MR) is 51.4 cm³/mol. The van der Waals surface area contributed by atoms with Crippen molar-refractivity contribution in [1.29, 1.82) is 0 Å². The van der Waals surface area contributed by atoms with Gasteiger partial charge in [0.15, 0.2) is 0 Å². The quantitative estimate of drug-likeness (QED) is 0.496. The lowest BCUT2D eigenvalue weighted by atomic mass is 9.91. The summed E-state index contributed by atoms with van der Waals surface area (Å²) in [7, 11) is -0.542. The normalized spacial score (nSPS) is 35.0. The summed E-state index contributed by atoms with van der Waals surface area (Å²) in [4.78, 5) is 0. The Hall–Kier alpha value is -0.310. The van der Waals surface area contributed by atoms with Crippen LogP contribution in [-0.2, 0) is 15.5 Å². The molecule has 1 aliphatic rings. The molecule has 0 N–H and O–H groups in total. The highest BCUT2D eigenvalue weighted by molar-refractivity contribution is 7.86. The average Bonchev–Trinajstić information content (AvgIpc) is 1.96. The van der Waals surface area contributed by atoms with Gasteiger partial charge in [0.2, 0.25) is 0 Å². The minimum absolute atomic E-state index is 0.284. The molecule has 0 amide bonds. The van der Waals surface area contributed by atoms with Crippen LogP contribution < -0.4 is 0 Å². The molecule has 0 saturated carbocycles. The molecule has 1 fully saturated rings. The predicted octanol–water partition coefficient (Wildman–Crippen LogP) is 1.70. The zero-order valence-corrected chi connectivity index (χ0v) is 8.52. The lowest BCUT2D eigenvalue weighted by Crippen LogP contribution is -2.42. The molecule has 12 heavy (non-hydrogen) atoms. The Bertz CT molecular complexity index is 191. The van der Waals surface area contributed by atoms with Crippen LogP contribution in [0.25, 0.3) is 0 Å². The van der Waals surface area contributed by atoms with Gasteiger partial charge in [0.1, 0.15) is 0 Å². The summed E-state index contributed by atoms with van der Waals surface area (Å²) in [6.45, 7) is 4.85. The first-order valence-corrected chi connectivity index (χ1v) is 5.73. The van der Waals surface area contributed by atoms with Crippen LogP contribution in [0.3, 0.4) is 0 Å². The van der Waals surface area contributed by atoms with Crippen LogP contribution in [0.5, 0.6) is 0 Å². The molecule has 1 rings (SSSR count). The van der Waals surface area contributed by atoms with Gasteiger partial charge in [-0.1, -0.05) is 13.0 Å². The maximum Gasteiger partial charge on any atom is 0.0879 e. The van der Waals surface area contributed by atoms with Crippen LogP contribution in [0.15, 0.2) is 12.3 Å². The van der Waals surface area contributed by atoms with Gasteiger partial charge in [-0.25, -0.2) is 0 Å². The Balaban J connectivity index is 2.11. The molecule has 0 bridgehead atoms. The number of hydrogen-bond acceptors (Lipinski definition) is 2. The van der Waals surface area contributed by atoms with Gasteiger partial charge in [0.05, 0.1) is 12.9 Å².